The Balaban J connectivity index is 2.14. The molecule has 2 aromatic heterocycles. The van der Waals surface area contributed by atoms with Crippen molar-refractivity contribution in [3.63, 3.8) is 0 Å². The lowest BCUT2D eigenvalue weighted by Gasteiger charge is -2.14. The number of hydrogen-bond acceptors (Lipinski definition) is 4. The number of nitrogens with zero attached hydrogens (tertiary/aromatic N) is 4. The van der Waals surface area contributed by atoms with Crippen LogP contribution in [0.25, 0.3) is 22.2 Å². The van der Waals surface area contributed by atoms with Gasteiger partial charge in [0.15, 0.2) is 6.10 Å². The molecule has 0 aliphatic heterocycles. The number of halogens is 3. The van der Waals surface area contributed by atoms with Crippen LogP contribution in [0.15, 0.2) is 41.5 Å². The number of nitriles is 1. The fourth-order valence-corrected chi connectivity index (χ4v) is 2.75. The summed E-state index contributed by atoms with van der Waals surface area (Å²) in [6.45, 7) is -0.893. The molecule has 9 heteroatoms. The molecular weight excluding hydrogens is 349 g/mol. The first kappa shape index (κ1) is 17.7. The van der Waals surface area contributed by atoms with Crippen LogP contribution in [-0.2, 0) is 13.6 Å². The molecule has 0 aliphatic rings. The molecule has 3 rings (SSSR count). The molecule has 26 heavy (non-hydrogen) atoms. The maximum atomic E-state index is 12.6. The van der Waals surface area contributed by atoms with Crippen molar-refractivity contribution in [1.29, 1.82) is 5.26 Å². The smallest absolute Gasteiger partial charge is 0.382 e. The highest BCUT2D eigenvalue weighted by Crippen LogP contribution is 2.27. The van der Waals surface area contributed by atoms with Crippen LogP contribution >= 0.6 is 0 Å². The zero-order chi connectivity index (χ0) is 19.1. The summed E-state index contributed by atoms with van der Waals surface area (Å²) in [5.74, 6) is 0. The van der Waals surface area contributed by atoms with E-state index in [0.29, 0.717) is 22.2 Å². The number of pyridine rings is 1. The largest absolute Gasteiger partial charge is 0.416 e. The minimum atomic E-state index is -4.82. The van der Waals surface area contributed by atoms with E-state index in [4.69, 9.17) is 0 Å². The summed E-state index contributed by atoms with van der Waals surface area (Å²) in [7, 11) is 1.43. The predicted molar refractivity (Wildman–Crippen MR) is 87.2 cm³/mol. The van der Waals surface area contributed by atoms with Crippen molar-refractivity contribution in [2.45, 2.75) is 18.8 Å². The van der Waals surface area contributed by atoms with Gasteiger partial charge in [-0.15, -0.1) is 0 Å². The first-order chi connectivity index (χ1) is 12.2. The standard InChI is InChI=1S/C17H13F3N4O2/c1-23-14-6-10(12-8-22-5-4-11(12)7-21)2-3-13(14)24(16(23)26)9-15(25)17(18,19)20/h2-6,8,15,25H,9H2,1H3. The Kier molecular flexibility index (Phi) is 4.29. The van der Waals surface area contributed by atoms with Crippen LogP contribution in [-0.4, -0.2) is 31.5 Å². The topological polar surface area (TPSA) is 83.8 Å². The molecule has 1 N–H and O–H groups in total. The van der Waals surface area contributed by atoms with Crippen LogP contribution in [0.5, 0.6) is 0 Å². The molecule has 134 valence electrons. The Labute approximate surface area is 145 Å². The van der Waals surface area contributed by atoms with E-state index in [1.165, 1.54) is 30.1 Å². The molecule has 1 unspecified atom stereocenters. The van der Waals surface area contributed by atoms with Crippen molar-refractivity contribution in [1.82, 2.24) is 14.1 Å². The van der Waals surface area contributed by atoms with Crippen LogP contribution in [0.1, 0.15) is 5.56 Å². The first-order valence-corrected chi connectivity index (χ1v) is 7.52. The van der Waals surface area contributed by atoms with Gasteiger partial charge in [0.25, 0.3) is 0 Å². The average molecular weight is 362 g/mol. The Morgan fingerprint density at radius 2 is 2.04 bits per heavy atom. The van der Waals surface area contributed by atoms with Gasteiger partial charge in [-0.3, -0.25) is 14.1 Å². The minimum Gasteiger partial charge on any atom is -0.382 e. The molecule has 2 heterocycles. The van der Waals surface area contributed by atoms with Crippen molar-refractivity contribution in [2.75, 3.05) is 0 Å². The van der Waals surface area contributed by atoms with Gasteiger partial charge in [-0.1, -0.05) is 6.07 Å². The Morgan fingerprint density at radius 3 is 2.69 bits per heavy atom. The second-order valence-corrected chi connectivity index (χ2v) is 5.75. The van der Waals surface area contributed by atoms with Gasteiger partial charge in [0.05, 0.1) is 29.2 Å². The first-order valence-electron chi connectivity index (χ1n) is 7.52. The number of imidazole rings is 1. The van der Waals surface area contributed by atoms with E-state index in [1.807, 2.05) is 6.07 Å². The van der Waals surface area contributed by atoms with E-state index in [0.717, 1.165) is 4.57 Å². The van der Waals surface area contributed by atoms with Gasteiger partial charge in [0.2, 0.25) is 0 Å². The van der Waals surface area contributed by atoms with Crippen molar-refractivity contribution in [3.8, 4) is 17.2 Å². The molecule has 6 nitrogen and oxygen atoms in total. The number of rotatable bonds is 3. The predicted octanol–water partition coefficient (Wildman–Crippen LogP) is 2.20. The van der Waals surface area contributed by atoms with E-state index in [1.54, 1.807) is 18.2 Å². The van der Waals surface area contributed by atoms with Gasteiger partial charge in [-0.25, -0.2) is 4.79 Å². The Morgan fingerprint density at radius 1 is 1.31 bits per heavy atom. The van der Waals surface area contributed by atoms with Crippen molar-refractivity contribution < 1.29 is 18.3 Å². The number of aryl methyl sites for hydroxylation is 1. The fourth-order valence-electron chi connectivity index (χ4n) is 2.75. The zero-order valence-electron chi connectivity index (χ0n) is 13.5. The number of fused-ring (bicyclic) bond motifs is 1. The number of aliphatic hydroxyl groups is 1. The van der Waals surface area contributed by atoms with E-state index >= 15 is 0 Å². The van der Waals surface area contributed by atoms with E-state index < -0.39 is 24.5 Å². The van der Waals surface area contributed by atoms with Crippen molar-refractivity contribution >= 4 is 11.0 Å². The summed E-state index contributed by atoms with van der Waals surface area (Å²) in [5, 5.41) is 18.5. The van der Waals surface area contributed by atoms with Crippen LogP contribution < -0.4 is 5.69 Å². The molecule has 1 aromatic carbocycles. The molecule has 0 spiro atoms. The number of aromatic nitrogens is 3. The third kappa shape index (κ3) is 2.95. The second-order valence-electron chi connectivity index (χ2n) is 5.75. The number of hydrogen-bond donors (Lipinski definition) is 1. The fraction of sp³-hybridized carbons (Fsp3) is 0.235. The summed E-state index contributed by atoms with van der Waals surface area (Å²) < 4.78 is 40.0. The number of alkyl halides is 3. The quantitative estimate of drug-likeness (QED) is 0.774. The average Bonchev–Trinajstić information content (AvgIpc) is 2.85. The molecule has 0 bridgehead atoms. The molecule has 0 saturated heterocycles. The summed E-state index contributed by atoms with van der Waals surface area (Å²) in [5.41, 5.74) is 1.50. The van der Waals surface area contributed by atoms with Gasteiger partial charge >= 0.3 is 11.9 Å². The van der Waals surface area contributed by atoms with Crippen molar-refractivity contribution in [2.24, 2.45) is 7.05 Å². The Bertz CT molecular complexity index is 1080. The van der Waals surface area contributed by atoms with Gasteiger partial charge in [-0.05, 0) is 23.8 Å². The Hall–Kier alpha value is -3.12. The lowest BCUT2D eigenvalue weighted by atomic mass is 10.0. The summed E-state index contributed by atoms with van der Waals surface area (Å²) in [6, 6.07) is 8.27. The molecule has 0 aliphatic carbocycles. The molecule has 0 saturated carbocycles. The lowest BCUT2D eigenvalue weighted by Crippen LogP contribution is -2.36. The van der Waals surface area contributed by atoms with Crippen LogP contribution in [0, 0.1) is 11.3 Å². The molecule has 3 aromatic rings. The van der Waals surface area contributed by atoms with Gasteiger partial charge in [0, 0.05) is 25.0 Å². The third-order valence-electron chi connectivity index (χ3n) is 4.13. The molecule has 1 atom stereocenters. The van der Waals surface area contributed by atoms with Crippen LogP contribution in [0.3, 0.4) is 0 Å². The maximum absolute atomic E-state index is 12.6. The second kappa shape index (κ2) is 6.31. The molecule has 0 amide bonds. The van der Waals surface area contributed by atoms with Crippen LogP contribution in [0.4, 0.5) is 13.2 Å². The lowest BCUT2D eigenvalue weighted by molar-refractivity contribution is -0.207. The third-order valence-corrected chi connectivity index (χ3v) is 4.13. The normalized spacial score (nSPS) is 12.9. The molecule has 0 radical (unpaired) electrons. The van der Waals surface area contributed by atoms with Crippen molar-refractivity contribution in [3.05, 3.63) is 52.7 Å². The summed E-state index contributed by atoms with van der Waals surface area (Å²) in [6.07, 6.45) is -4.49. The highest BCUT2D eigenvalue weighted by atomic mass is 19.4. The molecular formula is C17H13F3N4O2. The number of benzene rings is 1. The summed E-state index contributed by atoms with van der Waals surface area (Å²) >= 11 is 0. The SMILES string of the molecule is Cn1c(=O)n(CC(O)C(F)(F)F)c2ccc(-c3cnccc3C#N)cc21. The summed E-state index contributed by atoms with van der Waals surface area (Å²) in [4.78, 5) is 16.3. The maximum Gasteiger partial charge on any atom is 0.416 e. The van der Waals surface area contributed by atoms with E-state index in [-0.39, 0.29) is 5.52 Å². The molecule has 0 fully saturated rings. The van der Waals surface area contributed by atoms with E-state index in [2.05, 4.69) is 4.98 Å². The highest BCUT2D eigenvalue weighted by Gasteiger charge is 2.39. The monoisotopic (exact) mass is 362 g/mol. The minimum absolute atomic E-state index is 0.256. The number of aliphatic hydroxyl groups excluding tert-OH is 1. The van der Waals surface area contributed by atoms with Gasteiger partial charge < -0.3 is 5.11 Å². The van der Waals surface area contributed by atoms with Crippen LogP contribution in [0.2, 0.25) is 0 Å². The van der Waals surface area contributed by atoms with Gasteiger partial charge in [-0.2, -0.15) is 18.4 Å². The van der Waals surface area contributed by atoms with Gasteiger partial charge in [0.1, 0.15) is 0 Å². The highest BCUT2D eigenvalue weighted by molar-refractivity contribution is 5.84. The zero-order valence-corrected chi connectivity index (χ0v) is 13.5. The van der Waals surface area contributed by atoms with E-state index in [9.17, 15) is 28.3 Å².